The van der Waals surface area contributed by atoms with E-state index in [1.54, 1.807) is 24.5 Å². The molecule has 3 aromatic rings. The van der Waals surface area contributed by atoms with Crippen LogP contribution in [0, 0.1) is 23.7 Å². The van der Waals surface area contributed by atoms with Gasteiger partial charge in [-0.05, 0) is 56.4 Å². The zero-order valence-electron chi connectivity index (χ0n) is 16.7. The molecule has 0 spiro atoms. The maximum Gasteiger partial charge on any atom is 0.227 e. The van der Waals surface area contributed by atoms with Gasteiger partial charge in [0.15, 0.2) is 11.5 Å². The molecular weight excluding hydrogens is 380 g/mol. The highest BCUT2D eigenvalue weighted by atomic mass is 16.5. The van der Waals surface area contributed by atoms with Crippen LogP contribution >= 0.6 is 0 Å². The fraction of sp³-hybridized carbons (Fsp3) is 0.364. The number of nitrogens with one attached hydrogen (secondary N) is 1. The Kier molecular flexibility index (Phi) is 4.31. The Balaban J connectivity index is 1.34. The molecule has 1 aromatic carbocycles. The molecule has 2 aromatic heterocycles. The maximum atomic E-state index is 10.4. The molecule has 0 amide bonds. The molecule has 2 aliphatic carbocycles. The van der Waals surface area contributed by atoms with Gasteiger partial charge in [-0.3, -0.25) is 4.68 Å². The number of hydrogen-bond donors (Lipinski definition) is 2. The summed E-state index contributed by atoms with van der Waals surface area (Å²) in [7, 11) is 0. The van der Waals surface area contributed by atoms with Crippen molar-refractivity contribution in [3.63, 3.8) is 0 Å². The first kappa shape index (κ1) is 18.4. The number of hydrogen-bond acceptors (Lipinski definition) is 7. The van der Waals surface area contributed by atoms with Crippen molar-refractivity contribution in [1.82, 2.24) is 19.7 Å². The van der Waals surface area contributed by atoms with Gasteiger partial charge in [0, 0.05) is 18.0 Å². The second-order valence-electron chi connectivity index (χ2n) is 8.15. The van der Waals surface area contributed by atoms with Crippen molar-refractivity contribution in [2.24, 2.45) is 5.41 Å². The number of ether oxygens (including phenoxy) is 1. The van der Waals surface area contributed by atoms with E-state index in [1.807, 2.05) is 23.9 Å². The number of phenols is 1. The monoisotopic (exact) mass is 402 g/mol. The summed E-state index contributed by atoms with van der Waals surface area (Å²) < 4.78 is 7.64. The molecule has 0 unspecified atom stereocenters. The topological polar surface area (TPSA) is 109 Å². The lowest BCUT2D eigenvalue weighted by molar-refractivity contribution is 0.257. The fourth-order valence-corrected chi connectivity index (χ4v) is 3.31. The minimum Gasteiger partial charge on any atom is -0.504 e. The molecule has 2 N–H and O–H groups in total. The zero-order valence-corrected chi connectivity index (χ0v) is 16.7. The van der Waals surface area contributed by atoms with Gasteiger partial charge in [-0.15, -0.1) is 0 Å². The third kappa shape index (κ3) is 3.66. The first-order chi connectivity index (χ1) is 14.5. The van der Waals surface area contributed by atoms with Crippen LogP contribution in [0.15, 0.2) is 36.8 Å². The van der Waals surface area contributed by atoms with Gasteiger partial charge in [0.05, 0.1) is 35.1 Å². The number of benzene rings is 1. The van der Waals surface area contributed by atoms with E-state index in [1.165, 1.54) is 12.8 Å². The van der Waals surface area contributed by atoms with Crippen molar-refractivity contribution in [2.75, 3.05) is 11.9 Å². The Morgan fingerprint density at radius 2 is 2.17 bits per heavy atom. The van der Waals surface area contributed by atoms with Gasteiger partial charge in [-0.25, -0.2) is 9.97 Å². The maximum absolute atomic E-state index is 10.4. The predicted molar refractivity (Wildman–Crippen MR) is 110 cm³/mol. The molecule has 8 heteroatoms. The SMILES string of the molecule is Cc1cnc(Nc2cnn(C3CC3)c2)nc1-c1ccc(OCC2(C#N)CC2)c(O)c1. The van der Waals surface area contributed by atoms with E-state index >= 15 is 0 Å². The zero-order chi connectivity index (χ0) is 20.7. The second kappa shape index (κ2) is 7.02. The van der Waals surface area contributed by atoms with E-state index in [-0.39, 0.29) is 11.2 Å². The molecule has 8 nitrogen and oxygen atoms in total. The summed E-state index contributed by atoms with van der Waals surface area (Å²) in [6.07, 6.45) is 9.52. The summed E-state index contributed by atoms with van der Waals surface area (Å²) in [5.41, 5.74) is 2.83. The summed E-state index contributed by atoms with van der Waals surface area (Å²) in [5, 5.41) is 27.2. The van der Waals surface area contributed by atoms with Gasteiger partial charge in [-0.2, -0.15) is 10.4 Å². The molecular formula is C22H22N6O2. The van der Waals surface area contributed by atoms with Crippen LogP contribution in [-0.2, 0) is 0 Å². The average molecular weight is 402 g/mol. The van der Waals surface area contributed by atoms with Crippen LogP contribution in [0.4, 0.5) is 11.6 Å². The predicted octanol–water partition coefficient (Wildman–Crippen LogP) is 4.12. The van der Waals surface area contributed by atoms with Crippen LogP contribution in [0.1, 0.15) is 37.3 Å². The van der Waals surface area contributed by atoms with E-state index in [0.717, 1.165) is 35.3 Å². The lowest BCUT2D eigenvalue weighted by Crippen LogP contribution is -2.10. The molecule has 0 aliphatic heterocycles. The fourth-order valence-electron chi connectivity index (χ4n) is 3.31. The van der Waals surface area contributed by atoms with E-state index in [9.17, 15) is 10.4 Å². The van der Waals surface area contributed by atoms with Crippen LogP contribution in [-0.4, -0.2) is 31.5 Å². The minimum atomic E-state index is -0.387. The van der Waals surface area contributed by atoms with Crippen LogP contribution < -0.4 is 10.1 Å². The molecule has 2 saturated carbocycles. The van der Waals surface area contributed by atoms with E-state index in [2.05, 4.69) is 26.5 Å². The minimum absolute atomic E-state index is 0.0273. The second-order valence-corrected chi connectivity index (χ2v) is 8.15. The molecule has 2 aliphatic rings. The lowest BCUT2D eigenvalue weighted by atomic mass is 10.1. The highest BCUT2D eigenvalue weighted by molar-refractivity contribution is 5.68. The van der Waals surface area contributed by atoms with Crippen molar-refractivity contribution < 1.29 is 9.84 Å². The third-order valence-electron chi connectivity index (χ3n) is 5.58. The summed E-state index contributed by atoms with van der Waals surface area (Å²) in [5.74, 6) is 0.868. The van der Waals surface area contributed by atoms with Crippen LogP contribution in [0.2, 0.25) is 0 Å². The molecule has 30 heavy (non-hydrogen) atoms. The Bertz CT molecular complexity index is 1140. The molecule has 5 rings (SSSR count). The van der Waals surface area contributed by atoms with Crippen molar-refractivity contribution in [2.45, 2.75) is 38.6 Å². The normalized spacial score (nSPS) is 16.7. The number of rotatable bonds is 7. The van der Waals surface area contributed by atoms with E-state index in [4.69, 9.17) is 4.74 Å². The Morgan fingerprint density at radius 3 is 2.87 bits per heavy atom. The number of aryl methyl sites for hydroxylation is 1. The van der Waals surface area contributed by atoms with Gasteiger partial charge in [0.2, 0.25) is 5.95 Å². The smallest absolute Gasteiger partial charge is 0.227 e. The molecule has 152 valence electrons. The largest absolute Gasteiger partial charge is 0.504 e. The van der Waals surface area contributed by atoms with E-state index < -0.39 is 0 Å². The Labute approximate surface area is 174 Å². The molecule has 0 bridgehead atoms. The number of phenolic OH excluding ortho intramolecular Hbond substituents is 1. The highest BCUT2D eigenvalue weighted by Gasteiger charge is 2.44. The van der Waals surface area contributed by atoms with Crippen molar-refractivity contribution >= 4 is 11.6 Å². The Morgan fingerprint density at radius 1 is 1.33 bits per heavy atom. The number of aromatic hydroxyl groups is 1. The number of nitriles is 1. The summed E-state index contributed by atoms with van der Waals surface area (Å²) in [6.45, 7) is 2.22. The van der Waals surface area contributed by atoms with Crippen molar-refractivity contribution in [3.8, 4) is 28.8 Å². The first-order valence-corrected chi connectivity index (χ1v) is 10.1. The van der Waals surface area contributed by atoms with Gasteiger partial charge in [0.25, 0.3) is 0 Å². The van der Waals surface area contributed by atoms with Gasteiger partial charge in [-0.1, -0.05) is 0 Å². The lowest BCUT2D eigenvalue weighted by Gasteiger charge is -2.13. The molecule has 0 atom stereocenters. The molecule has 2 heterocycles. The van der Waals surface area contributed by atoms with E-state index in [0.29, 0.717) is 24.3 Å². The Hall–Kier alpha value is -3.60. The first-order valence-electron chi connectivity index (χ1n) is 10.1. The summed E-state index contributed by atoms with van der Waals surface area (Å²) in [4.78, 5) is 9.00. The van der Waals surface area contributed by atoms with Crippen LogP contribution in [0.3, 0.4) is 0 Å². The van der Waals surface area contributed by atoms with Gasteiger partial charge in [0.1, 0.15) is 6.61 Å². The molecule has 2 fully saturated rings. The quantitative estimate of drug-likeness (QED) is 0.612. The summed E-state index contributed by atoms with van der Waals surface area (Å²) >= 11 is 0. The van der Waals surface area contributed by atoms with Crippen LogP contribution in [0.5, 0.6) is 11.5 Å². The molecule has 0 saturated heterocycles. The third-order valence-corrected chi connectivity index (χ3v) is 5.58. The standard InChI is InChI=1S/C22H22N6O2/c1-14-9-24-21(26-16-10-25-28(11-16)17-3-4-17)27-20(14)15-2-5-19(18(29)8-15)30-13-22(12-23)6-7-22/h2,5,8-11,17,29H,3-4,6-7,13H2,1H3,(H,24,26,27). The van der Waals surface area contributed by atoms with Gasteiger partial charge < -0.3 is 15.2 Å². The van der Waals surface area contributed by atoms with Crippen molar-refractivity contribution in [1.29, 1.82) is 5.26 Å². The molecule has 0 radical (unpaired) electrons. The number of anilines is 2. The number of aromatic nitrogens is 4. The average Bonchev–Trinajstić information content (AvgIpc) is 3.68. The number of nitrogens with zero attached hydrogens (tertiary/aromatic N) is 5. The van der Waals surface area contributed by atoms with Crippen molar-refractivity contribution in [3.05, 3.63) is 42.4 Å². The van der Waals surface area contributed by atoms with Gasteiger partial charge >= 0.3 is 0 Å². The highest BCUT2D eigenvalue weighted by Crippen LogP contribution is 2.45. The van der Waals surface area contributed by atoms with Crippen LogP contribution in [0.25, 0.3) is 11.3 Å². The summed E-state index contributed by atoms with van der Waals surface area (Å²) in [6, 6.07) is 8.00.